The highest BCUT2D eigenvalue weighted by Gasteiger charge is 2.73. The van der Waals surface area contributed by atoms with Gasteiger partial charge in [-0.2, -0.15) is 26.3 Å². The second-order valence-electron chi connectivity index (χ2n) is 10.9. The molecule has 14 heteroatoms. The first-order valence-corrected chi connectivity index (χ1v) is 13.6. The summed E-state index contributed by atoms with van der Waals surface area (Å²) < 4.78 is 135. The molecule has 2 aliphatic rings. The summed E-state index contributed by atoms with van der Waals surface area (Å²) in [6, 6.07) is 5.10. The van der Waals surface area contributed by atoms with Crippen LogP contribution in [0.1, 0.15) is 43.4 Å². The summed E-state index contributed by atoms with van der Waals surface area (Å²) in [7, 11) is -4.57. The fourth-order valence-electron chi connectivity index (χ4n) is 5.71. The highest BCUT2D eigenvalue weighted by atomic mass is 32.2. The average molecular weight is 600 g/mol. The Labute approximate surface area is 224 Å². The van der Waals surface area contributed by atoms with Crippen molar-refractivity contribution in [1.29, 1.82) is 0 Å². The largest absolute Gasteiger partial charge is 0.435 e. The van der Waals surface area contributed by atoms with E-state index in [-0.39, 0.29) is 47.9 Å². The van der Waals surface area contributed by atoms with Gasteiger partial charge in [0.1, 0.15) is 10.6 Å². The van der Waals surface area contributed by atoms with Crippen LogP contribution < -0.4 is 0 Å². The molecule has 2 aromatic carbocycles. The number of hydrogen-bond acceptors (Lipinski definition) is 4. The van der Waals surface area contributed by atoms with Crippen molar-refractivity contribution in [2.75, 3.05) is 13.1 Å². The first kappa shape index (κ1) is 30.2. The molecule has 1 aliphatic heterocycles. The van der Waals surface area contributed by atoms with Gasteiger partial charge >= 0.3 is 18.0 Å². The molecule has 1 N–H and O–H groups in total. The predicted molar refractivity (Wildman–Crippen MR) is 126 cm³/mol. The molecule has 2 atom stereocenters. The summed E-state index contributed by atoms with van der Waals surface area (Å²) >= 11 is 0. The standard InChI is InChI=1S/C26H25F8NO4S/c1-22(2,37)12-21(36)35-13-17-4-3-15-11-16(24(28,25(29,30)31)26(32,33)34)5-10-20(15)23(17,14-35)40(38,39)19-8-6-18(27)7-9-19/h5-11,17,37H,3-4,12-14H2,1-2H3. The van der Waals surface area contributed by atoms with E-state index in [2.05, 4.69) is 0 Å². The third kappa shape index (κ3) is 4.66. The fraction of sp³-hybridized carbons (Fsp3) is 0.500. The fourth-order valence-corrected chi connectivity index (χ4v) is 8.07. The average Bonchev–Trinajstić information content (AvgIpc) is 3.23. The van der Waals surface area contributed by atoms with Gasteiger partial charge in [-0.05, 0) is 62.1 Å². The van der Waals surface area contributed by atoms with Crippen LogP contribution in [0.15, 0.2) is 47.4 Å². The topological polar surface area (TPSA) is 74.7 Å². The van der Waals surface area contributed by atoms with Crippen LogP contribution in [-0.4, -0.2) is 55.4 Å². The molecule has 4 rings (SSSR count). The molecular weight excluding hydrogens is 574 g/mol. The number of carbonyl (C=O) groups is 1. The Bertz CT molecular complexity index is 1400. The number of likely N-dealkylation sites (tertiary alicyclic amines) is 1. The Hall–Kier alpha value is -2.74. The number of nitrogens with zero attached hydrogens (tertiary/aromatic N) is 1. The molecule has 0 bridgehead atoms. The molecule has 1 aliphatic carbocycles. The van der Waals surface area contributed by atoms with Gasteiger partial charge in [0, 0.05) is 24.6 Å². The van der Waals surface area contributed by atoms with Crippen LogP contribution in [0.25, 0.3) is 0 Å². The van der Waals surface area contributed by atoms with Gasteiger partial charge in [-0.3, -0.25) is 4.79 Å². The van der Waals surface area contributed by atoms with Gasteiger partial charge < -0.3 is 10.0 Å². The zero-order valence-electron chi connectivity index (χ0n) is 21.2. The number of aliphatic hydroxyl groups is 1. The molecule has 1 fully saturated rings. The van der Waals surface area contributed by atoms with Crippen molar-refractivity contribution in [2.45, 2.75) is 66.4 Å². The number of benzene rings is 2. The van der Waals surface area contributed by atoms with Crippen molar-refractivity contribution in [3.05, 3.63) is 65.0 Å². The maximum atomic E-state index is 14.9. The summed E-state index contributed by atoms with van der Waals surface area (Å²) in [6.45, 7) is 2.06. The zero-order chi connectivity index (χ0) is 30.1. The first-order valence-electron chi connectivity index (χ1n) is 12.1. The predicted octanol–water partition coefficient (Wildman–Crippen LogP) is 5.35. The molecule has 0 radical (unpaired) electrons. The minimum absolute atomic E-state index is 0.0690. The molecule has 1 saturated heterocycles. The van der Waals surface area contributed by atoms with Crippen molar-refractivity contribution in [1.82, 2.24) is 4.90 Å². The van der Waals surface area contributed by atoms with Gasteiger partial charge in [0.25, 0.3) is 0 Å². The zero-order valence-corrected chi connectivity index (χ0v) is 22.0. The smallest absolute Gasteiger partial charge is 0.390 e. The second-order valence-corrected chi connectivity index (χ2v) is 13.1. The molecule has 1 heterocycles. The van der Waals surface area contributed by atoms with Gasteiger partial charge in [0.2, 0.25) is 5.91 Å². The molecule has 40 heavy (non-hydrogen) atoms. The van der Waals surface area contributed by atoms with E-state index in [1.54, 1.807) is 0 Å². The van der Waals surface area contributed by atoms with Crippen molar-refractivity contribution in [3.8, 4) is 0 Å². The number of rotatable bonds is 5. The summed E-state index contributed by atoms with van der Waals surface area (Å²) in [5.74, 6) is -2.23. The van der Waals surface area contributed by atoms with Crippen LogP contribution in [0, 0.1) is 11.7 Å². The number of halogens is 8. The van der Waals surface area contributed by atoms with Crippen molar-refractivity contribution >= 4 is 15.7 Å². The molecule has 2 aromatic rings. The molecule has 220 valence electrons. The Morgan fingerprint density at radius 3 is 2.10 bits per heavy atom. The van der Waals surface area contributed by atoms with Gasteiger partial charge in [-0.25, -0.2) is 17.2 Å². The number of sulfone groups is 1. The van der Waals surface area contributed by atoms with Crippen LogP contribution in [0.5, 0.6) is 0 Å². The lowest BCUT2D eigenvalue weighted by molar-refractivity contribution is -0.348. The van der Waals surface area contributed by atoms with Crippen LogP contribution >= 0.6 is 0 Å². The van der Waals surface area contributed by atoms with Crippen molar-refractivity contribution in [2.24, 2.45) is 5.92 Å². The molecular formula is C26H25F8NO4S. The third-order valence-corrected chi connectivity index (χ3v) is 10.1. The number of amides is 1. The van der Waals surface area contributed by atoms with Gasteiger partial charge in [0.15, 0.2) is 9.84 Å². The van der Waals surface area contributed by atoms with Gasteiger partial charge in [0.05, 0.1) is 16.9 Å². The van der Waals surface area contributed by atoms with Crippen LogP contribution in [0.3, 0.4) is 0 Å². The van der Waals surface area contributed by atoms with Crippen LogP contribution in [0.4, 0.5) is 35.1 Å². The molecule has 2 unspecified atom stereocenters. The van der Waals surface area contributed by atoms with Gasteiger partial charge in [-0.1, -0.05) is 18.2 Å². The van der Waals surface area contributed by atoms with E-state index in [0.717, 1.165) is 30.3 Å². The number of carbonyl (C=O) groups excluding carboxylic acids is 1. The Morgan fingerprint density at radius 1 is 1.00 bits per heavy atom. The highest BCUT2D eigenvalue weighted by Crippen LogP contribution is 2.56. The van der Waals surface area contributed by atoms with Crippen LogP contribution in [0.2, 0.25) is 0 Å². The number of aryl methyl sites for hydroxylation is 1. The SMILES string of the molecule is CC(C)(O)CC(=O)N1CC2CCc3cc(C(F)(C(F)(F)F)C(F)(F)F)ccc3C2(S(=O)(=O)c2ccc(F)cc2)C1. The van der Waals surface area contributed by atoms with E-state index in [9.17, 15) is 53.4 Å². The van der Waals surface area contributed by atoms with E-state index in [1.165, 1.54) is 18.7 Å². The minimum Gasteiger partial charge on any atom is -0.390 e. The third-order valence-electron chi connectivity index (χ3n) is 7.57. The first-order chi connectivity index (χ1) is 18.1. The second kappa shape index (κ2) is 9.40. The van der Waals surface area contributed by atoms with Crippen molar-refractivity contribution < 1.29 is 53.4 Å². The maximum Gasteiger partial charge on any atom is 0.435 e. The lowest BCUT2D eigenvalue weighted by Crippen LogP contribution is -2.51. The summed E-state index contributed by atoms with van der Waals surface area (Å²) in [4.78, 5) is 13.8. The van der Waals surface area contributed by atoms with E-state index in [4.69, 9.17) is 0 Å². The van der Waals surface area contributed by atoms with E-state index >= 15 is 0 Å². The number of fused-ring (bicyclic) bond motifs is 3. The minimum atomic E-state index is -6.36. The van der Waals surface area contributed by atoms with E-state index in [0.29, 0.717) is 6.07 Å². The number of alkyl halides is 7. The van der Waals surface area contributed by atoms with E-state index in [1.807, 2.05) is 0 Å². The normalized spacial score (nSPS) is 22.2. The van der Waals surface area contributed by atoms with Crippen LogP contribution in [-0.2, 0) is 31.5 Å². The molecule has 1 amide bonds. The summed E-state index contributed by atoms with van der Waals surface area (Å²) in [5.41, 5.74) is -9.32. The number of hydrogen-bond donors (Lipinski definition) is 1. The Balaban J connectivity index is 1.93. The Morgan fingerprint density at radius 2 is 1.57 bits per heavy atom. The molecule has 0 saturated carbocycles. The molecule has 0 spiro atoms. The Kier molecular flexibility index (Phi) is 7.10. The lowest BCUT2D eigenvalue weighted by atomic mass is 9.75. The van der Waals surface area contributed by atoms with Gasteiger partial charge in [-0.15, -0.1) is 0 Å². The quantitative estimate of drug-likeness (QED) is 0.372. The maximum absolute atomic E-state index is 14.9. The summed E-state index contributed by atoms with van der Waals surface area (Å²) in [5, 5.41) is 10.1. The van der Waals surface area contributed by atoms with E-state index < -0.39 is 68.0 Å². The highest BCUT2D eigenvalue weighted by molar-refractivity contribution is 7.92. The van der Waals surface area contributed by atoms with Crippen molar-refractivity contribution in [3.63, 3.8) is 0 Å². The monoisotopic (exact) mass is 599 g/mol. The lowest BCUT2D eigenvalue weighted by Gasteiger charge is -2.40. The summed E-state index contributed by atoms with van der Waals surface area (Å²) in [6.07, 6.45) is -13.4. The molecule has 0 aromatic heterocycles. The molecule has 5 nitrogen and oxygen atoms in total.